The van der Waals surface area contributed by atoms with Gasteiger partial charge in [-0.25, -0.2) is 4.98 Å². The lowest BCUT2D eigenvalue weighted by Gasteiger charge is -2.28. The van der Waals surface area contributed by atoms with Gasteiger partial charge in [0.15, 0.2) is 11.6 Å². The number of carbonyl (C=O) groups is 1. The summed E-state index contributed by atoms with van der Waals surface area (Å²) in [6, 6.07) is 28.5. The van der Waals surface area contributed by atoms with Gasteiger partial charge >= 0.3 is 0 Å². The second kappa shape index (κ2) is 9.20. The van der Waals surface area contributed by atoms with Gasteiger partial charge in [0.2, 0.25) is 0 Å². The number of hydrogen-bond acceptors (Lipinski definition) is 5. The zero-order valence-corrected chi connectivity index (χ0v) is 22.9. The number of nitrogens with zero attached hydrogens (tertiary/aromatic N) is 2. The Balaban J connectivity index is 1.39. The summed E-state index contributed by atoms with van der Waals surface area (Å²) in [7, 11) is 0. The molecule has 0 amide bonds. The summed E-state index contributed by atoms with van der Waals surface area (Å²) in [6.45, 7) is 8.31. The van der Waals surface area contributed by atoms with Crippen molar-refractivity contribution in [2.75, 3.05) is 6.61 Å². The monoisotopic (exact) mass is 540 g/mol. The number of aromatic nitrogens is 2. The first kappa shape index (κ1) is 25.3. The SMILES string of the molecule is C=CC1(c2ccc(C)cc2)COC2(O1)c1ccccc1-n1c2nc2cccc(CC(=O)c3ccc(C)cc3)c2c1=O. The molecule has 41 heavy (non-hydrogen) atoms. The van der Waals surface area contributed by atoms with Crippen LogP contribution in [0.3, 0.4) is 0 Å². The average molecular weight is 541 g/mol. The van der Waals surface area contributed by atoms with E-state index < -0.39 is 11.4 Å². The molecule has 2 unspecified atom stereocenters. The molecule has 2 atom stereocenters. The minimum Gasteiger partial charge on any atom is -0.336 e. The summed E-state index contributed by atoms with van der Waals surface area (Å²) >= 11 is 0. The third kappa shape index (κ3) is 3.75. The molecule has 1 saturated heterocycles. The summed E-state index contributed by atoms with van der Waals surface area (Å²) in [6.07, 6.45) is 1.84. The quantitative estimate of drug-likeness (QED) is 0.200. The summed E-state index contributed by atoms with van der Waals surface area (Å²) < 4.78 is 15.0. The molecule has 1 aromatic heterocycles. The van der Waals surface area contributed by atoms with Crippen LogP contribution < -0.4 is 5.56 Å². The Hall–Kier alpha value is -4.65. The minimum absolute atomic E-state index is 0.0596. The van der Waals surface area contributed by atoms with Crippen LogP contribution >= 0.6 is 0 Å². The van der Waals surface area contributed by atoms with Crippen LogP contribution in [0.2, 0.25) is 0 Å². The molecule has 0 radical (unpaired) electrons. The molecule has 202 valence electrons. The fraction of sp³-hybridized carbons (Fsp3) is 0.171. The van der Waals surface area contributed by atoms with E-state index >= 15 is 0 Å². The van der Waals surface area contributed by atoms with E-state index in [0.717, 1.165) is 16.7 Å². The maximum atomic E-state index is 14.3. The van der Waals surface area contributed by atoms with Crippen LogP contribution in [0.4, 0.5) is 0 Å². The van der Waals surface area contributed by atoms with Crippen molar-refractivity contribution in [3.8, 4) is 5.69 Å². The average Bonchev–Trinajstić information content (AvgIpc) is 3.51. The minimum atomic E-state index is -1.41. The second-order valence-electron chi connectivity index (χ2n) is 10.8. The van der Waals surface area contributed by atoms with Gasteiger partial charge in [-0.15, -0.1) is 0 Å². The van der Waals surface area contributed by atoms with Crippen LogP contribution in [0.25, 0.3) is 16.6 Å². The maximum Gasteiger partial charge on any atom is 0.266 e. The second-order valence-corrected chi connectivity index (χ2v) is 10.8. The van der Waals surface area contributed by atoms with Crippen LogP contribution in [0.15, 0.2) is 108 Å². The molecule has 1 fully saturated rings. The van der Waals surface area contributed by atoms with Crippen LogP contribution in [-0.4, -0.2) is 21.9 Å². The van der Waals surface area contributed by atoms with Crippen LogP contribution in [-0.2, 0) is 27.3 Å². The van der Waals surface area contributed by atoms with Crippen molar-refractivity contribution in [2.45, 2.75) is 31.7 Å². The Morgan fingerprint density at radius 1 is 0.951 bits per heavy atom. The molecule has 2 aliphatic heterocycles. The van der Waals surface area contributed by atoms with Crippen molar-refractivity contribution >= 4 is 16.7 Å². The first-order valence-electron chi connectivity index (χ1n) is 13.6. The molecule has 3 heterocycles. The van der Waals surface area contributed by atoms with Crippen molar-refractivity contribution < 1.29 is 14.3 Å². The van der Waals surface area contributed by atoms with Crippen LogP contribution in [0.5, 0.6) is 0 Å². The molecule has 0 saturated carbocycles. The summed E-state index contributed by atoms with van der Waals surface area (Å²) in [5, 5.41) is 0.412. The number of ketones is 1. The zero-order valence-electron chi connectivity index (χ0n) is 22.9. The first-order valence-corrected chi connectivity index (χ1v) is 13.6. The molecule has 7 rings (SSSR count). The van der Waals surface area contributed by atoms with E-state index in [1.54, 1.807) is 16.7 Å². The Morgan fingerprint density at radius 2 is 1.66 bits per heavy atom. The molecule has 0 bridgehead atoms. The van der Waals surface area contributed by atoms with E-state index in [4.69, 9.17) is 14.5 Å². The van der Waals surface area contributed by atoms with E-state index in [9.17, 15) is 9.59 Å². The fourth-order valence-electron chi connectivity index (χ4n) is 5.94. The fourth-order valence-corrected chi connectivity index (χ4v) is 5.94. The molecule has 4 aromatic carbocycles. The highest BCUT2D eigenvalue weighted by Crippen LogP contribution is 2.53. The Kier molecular flexibility index (Phi) is 5.68. The smallest absolute Gasteiger partial charge is 0.266 e. The number of benzene rings is 4. The van der Waals surface area contributed by atoms with Gasteiger partial charge < -0.3 is 9.47 Å². The Bertz CT molecular complexity index is 1920. The summed E-state index contributed by atoms with van der Waals surface area (Å²) in [5.41, 5.74) is 4.99. The number of rotatable bonds is 5. The number of fused-ring (bicyclic) bond motifs is 6. The molecule has 0 aliphatic carbocycles. The van der Waals surface area contributed by atoms with Crippen molar-refractivity contribution in [3.63, 3.8) is 0 Å². The Labute approximate surface area is 237 Å². The van der Waals surface area contributed by atoms with Gasteiger partial charge in [0.05, 0.1) is 23.2 Å². The molecule has 2 aliphatic rings. The van der Waals surface area contributed by atoms with Gasteiger partial charge in [0.1, 0.15) is 5.60 Å². The topological polar surface area (TPSA) is 70.4 Å². The lowest BCUT2D eigenvalue weighted by molar-refractivity contribution is -0.159. The van der Waals surface area contributed by atoms with Crippen molar-refractivity contribution in [2.24, 2.45) is 0 Å². The highest BCUT2D eigenvalue weighted by Gasteiger charge is 2.58. The van der Waals surface area contributed by atoms with Gasteiger partial charge in [-0.2, -0.15) is 0 Å². The van der Waals surface area contributed by atoms with Gasteiger partial charge in [-0.3, -0.25) is 14.2 Å². The molecule has 0 N–H and O–H groups in total. The molecule has 6 heteroatoms. The normalized spacial score (nSPS) is 20.7. The lowest BCUT2D eigenvalue weighted by Crippen LogP contribution is -2.34. The van der Waals surface area contributed by atoms with E-state index in [2.05, 4.69) is 6.58 Å². The summed E-state index contributed by atoms with van der Waals surface area (Å²) in [5.74, 6) is -1.11. The number of aryl methyl sites for hydroxylation is 2. The van der Waals surface area contributed by atoms with Gasteiger partial charge in [0.25, 0.3) is 11.3 Å². The molecular formula is C35H28N2O4. The molecule has 6 nitrogen and oxygen atoms in total. The number of para-hydroxylation sites is 1. The van der Waals surface area contributed by atoms with E-state index in [1.165, 1.54) is 0 Å². The lowest BCUT2D eigenvalue weighted by atomic mass is 9.94. The highest BCUT2D eigenvalue weighted by molar-refractivity contribution is 5.99. The number of ether oxygens (including phenoxy) is 2. The third-order valence-corrected chi connectivity index (χ3v) is 8.19. The predicted molar refractivity (Wildman–Crippen MR) is 157 cm³/mol. The first-order chi connectivity index (χ1) is 19.8. The van der Waals surface area contributed by atoms with E-state index in [-0.39, 0.29) is 24.4 Å². The van der Waals surface area contributed by atoms with Crippen molar-refractivity contribution in [1.29, 1.82) is 0 Å². The van der Waals surface area contributed by atoms with E-state index in [1.807, 2.05) is 98.8 Å². The van der Waals surface area contributed by atoms with Crippen molar-refractivity contribution in [3.05, 3.63) is 153 Å². The zero-order chi connectivity index (χ0) is 28.4. The summed E-state index contributed by atoms with van der Waals surface area (Å²) in [4.78, 5) is 32.5. The van der Waals surface area contributed by atoms with Gasteiger partial charge in [0, 0.05) is 17.5 Å². The number of Topliss-reactive ketones (excluding diaryl/α,β-unsaturated/α-hetero) is 1. The number of carbonyl (C=O) groups excluding carboxylic acids is 1. The van der Waals surface area contributed by atoms with E-state index in [0.29, 0.717) is 39.1 Å². The van der Waals surface area contributed by atoms with Gasteiger partial charge in [-0.1, -0.05) is 103 Å². The van der Waals surface area contributed by atoms with Crippen molar-refractivity contribution in [1.82, 2.24) is 9.55 Å². The largest absolute Gasteiger partial charge is 0.336 e. The standard InChI is InChI=1S/C35H28N2O4/c1-4-34(26-18-14-23(3)15-19-26)21-40-35(41-34)27-9-5-6-11-29(27)37-32(39)31-25(8-7-10-28(31)36-33(35)37)20-30(38)24-16-12-22(2)13-17-24/h4-19H,1,20-21H2,2-3H3. The molecule has 5 aromatic rings. The highest BCUT2D eigenvalue weighted by atomic mass is 16.8. The van der Waals surface area contributed by atoms with Crippen LogP contribution in [0.1, 0.15) is 44.0 Å². The molecule has 1 spiro atoms. The van der Waals surface area contributed by atoms with Crippen LogP contribution in [0, 0.1) is 13.8 Å². The number of hydrogen-bond donors (Lipinski definition) is 0. The third-order valence-electron chi connectivity index (χ3n) is 8.19. The maximum absolute atomic E-state index is 14.3. The predicted octanol–water partition coefficient (Wildman–Crippen LogP) is 6.07. The Morgan fingerprint density at radius 3 is 2.39 bits per heavy atom. The molecular weight excluding hydrogens is 512 g/mol. The van der Waals surface area contributed by atoms with Gasteiger partial charge in [-0.05, 0) is 37.1 Å².